The first-order valence-corrected chi connectivity index (χ1v) is 9.66. The van der Waals surface area contributed by atoms with Gasteiger partial charge in [0.05, 0.1) is 4.92 Å². The topological polar surface area (TPSA) is 106 Å². The molecule has 0 unspecified atom stereocenters. The van der Waals surface area contributed by atoms with Crippen LogP contribution in [-0.2, 0) is 4.79 Å². The molecule has 0 saturated carbocycles. The molecule has 1 aliphatic heterocycles. The normalized spacial score (nSPS) is 15.4. The molecule has 9 nitrogen and oxygen atoms in total. The second kappa shape index (κ2) is 8.36. The largest absolute Gasteiger partial charge is 0.326 e. The Morgan fingerprint density at radius 2 is 1.90 bits per heavy atom. The molecule has 0 aliphatic carbocycles. The summed E-state index contributed by atoms with van der Waals surface area (Å²) >= 11 is 0. The lowest BCUT2D eigenvalue weighted by molar-refractivity contribution is -0.384. The number of carbonyl (C=O) groups is 1. The number of hydrogen-bond donors (Lipinski definition) is 1. The van der Waals surface area contributed by atoms with Gasteiger partial charge in [-0.1, -0.05) is 6.07 Å². The molecule has 1 aliphatic rings. The van der Waals surface area contributed by atoms with E-state index in [0.29, 0.717) is 24.6 Å². The fourth-order valence-corrected chi connectivity index (χ4v) is 3.70. The number of amides is 1. The van der Waals surface area contributed by atoms with Crippen molar-refractivity contribution in [2.24, 2.45) is 0 Å². The second-order valence-corrected chi connectivity index (χ2v) is 7.21. The molecular weight excluding hydrogens is 372 g/mol. The third-order valence-electron chi connectivity index (χ3n) is 5.31. The molecule has 1 saturated heterocycles. The van der Waals surface area contributed by atoms with Gasteiger partial charge in [-0.3, -0.25) is 19.3 Å². The predicted molar refractivity (Wildman–Crippen MR) is 108 cm³/mol. The van der Waals surface area contributed by atoms with Gasteiger partial charge in [-0.15, -0.1) is 10.2 Å². The summed E-state index contributed by atoms with van der Waals surface area (Å²) in [6.45, 7) is 2.51. The van der Waals surface area contributed by atoms with Crippen molar-refractivity contribution in [2.45, 2.75) is 25.2 Å². The van der Waals surface area contributed by atoms with Gasteiger partial charge in [0.25, 0.3) is 5.69 Å². The number of benzene rings is 1. The summed E-state index contributed by atoms with van der Waals surface area (Å²) < 4.78 is 2.05. The Bertz CT molecular complexity index is 1010. The van der Waals surface area contributed by atoms with Gasteiger partial charge < -0.3 is 10.2 Å². The Labute approximate surface area is 167 Å². The molecular formula is C20H22N6O3. The van der Waals surface area contributed by atoms with Crippen molar-refractivity contribution in [1.82, 2.24) is 19.5 Å². The van der Waals surface area contributed by atoms with E-state index in [-0.39, 0.29) is 11.6 Å². The van der Waals surface area contributed by atoms with E-state index >= 15 is 0 Å². The predicted octanol–water partition coefficient (Wildman–Crippen LogP) is 2.85. The van der Waals surface area contributed by atoms with Crippen molar-refractivity contribution in [3.05, 3.63) is 64.6 Å². The first-order chi connectivity index (χ1) is 14.1. The van der Waals surface area contributed by atoms with E-state index in [9.17, 15) is 14.9 Å². The first-order valence-electron chi connectivity index (χ1n) is 9.66. The fraction of sp³-hybridized carbons (Fsp3) is 0.350. The van der Waals surface area contributed by atoms with Crippen LogP contribution >= 0.6 is 0 Å². The summed E-state index contributed by atoms with van der Waals surface area (Å²) in [6, 6.07) is 11.8. The van der Waals surface area contributed by atoms with Crippen molar-refractivity contribution < 1.29 is 9.72 Å². The van der Waals surface area contributed by atoms with E-state index < -0.39 is 4.92 Å². The Balaban J connectivity index is 1.24. The average Bonchev–Trinajstić information content (AvgIpc) is 3.17. The van der Waals surface area contributed by atoms with Crippen LogP contribution in [0.25, 0.3) is 5.65 Å². The molecule has 0 spiro atoms. The summed E-state index contributed by atoms with van der Waals surface area (Å²) in [5.41, 5.74) is 1.44. The van der Waals surface area contributed by atoms with Crippen molar-refractivity contribution in [2.75, 3.05) is 25.0 Å². The SMILES string of the molecule is O=C(CCN1CCC(c2nnc3ccccn23)CC1)Nc1ccc([N+](=O)[O-])cc1. The van der Waals surface area contributed by atoms with E-state index in [2.05, 4.69) is 24.8 Å². The molecule has 3 aromatic rings. The second-order valence-electron chi connectivity index (χ2n) is 7.21. The molecule has 0 bridgehead atoms. The minimum atomic E-state index is -0.461. The molecule has 1 aromatic carbocycles. The maximum Gasteiger partial charge on any atom is 0.269 e. The zero-order valence-electron chi connectivity index (χ0n) is 15.9. The molecule has 4 rings (SSSR count). The molecule has 0 atom stereocenters. The first kappa shape index (κ1) is 19.0. The lowest BCUT2D eigenvalue weighted by Gasteiger charge is -2.30. The van der Waals surface area contributed by atoms with E-state index in [1.807, 2.05) is 24.4 Å². The van der Waals surface area contributed by atoms with Gasteiger partial charge >= 0.3 is 0 Å². The van der Waals surface area contributed by atoms with Crippen LogP contribution in [0.1, 0.15) is 31.0 Å². The molecule has 1 amide bonds. The number of nitrogens with one attached hydrogen (secondary N) is 1. The van der Waals surface area contributed by atoms with Crippen LogP contribution in [0, 0.1) is 10.1 Å². The minimum Gasteiger partial charge on any atom is -0.326 e. The number of aromatic nitrogens is 3. The van der Waals surface area contributed by atoms with Gasteiger partial charge in [-0.2, -0.15) is 0 Å². The van der Waals surface area contributed by atoms with Crippen LogP contribution in [0.15, 0.2) is 48.7 Å². The third-order valence-corrected chi connectivity index (χ3v) is 5.31. The quantitative estimate of drug-likeness (QED) is 0.509. The zero-order chi connectivity index (χ0) is 20.2. The number of anilines is 1. The number of nitro benzene ring substituents is 1. The number of rotatable bonds is 6. The highest BCUT2D eigenvalue weighted by molar-refractivity contribution is 5.90. The van der Waals surface area contributed by atoms with Gasteiger partial charge in [0.2, 0.25) is 5.91 Å². The highest BCUT2D eigenvalue weighted by Gasteiger charge is 2.24. The van der Waals surface area contributed by atoms with E-state index in [1.165, 1.54) is 12.1 Å². The van der Waals surface area contributed by atoms with Crippen molar-refractivity contribution in [1.29, 1.82) is 0 Å². The van der Waals surface area contributed by atoms with Crippen molar-refractivity contribution in [3.63, 3.8) is 0 Å². The molecule has 1 N–H and O–H groups in total. The molecule has 3 heterocycles. The van der Waals surface area contributed by atoms with Crippen LogP contribution in [0.4, 0.5) is 11.4 Å². The lowest BCUT2D eigenvalue weighted by Crippen LogP contribution is -2.35. The smallest absolute Gasteiger partial charge is 0.269 e. The van der Waals surface area contributed by atoms with E-state index in [0.717, 1.165) is 37.4 Å². The fourth-order valence-electron chi connectivity index (χ4n) is 3.70. The van der Waals surface area contributed by atoms with Gasteiger partial charge in [0.1, 0.15) is 5.82 Å². The van der Waals surface area contributed by atoms with Gasteiger partial charge in [0, 0.05) is 42.9 Å². The number of piperidine rings is 1. The lowest BCUT2D eigenvalue weighted by atomic mass is 9.96. The van der Waals surface area contributed by atoms with E-state index in [1.54, 1.807) is 12.1 Å². The molecule has 2 aromatic heterocycles. The molecule has 1 fully saturated rings. The summed E-state index contributed by atoms with van der Waals surface area (Å²) in [7, 11) is 0. The number of pyridine rings is 1. The van der Waals surface area contributed by atoms with Crippen molar-refractivity contribution in [3.8, 4) is 0 Å². The van der Waals surface area contributed by atoms with Crippen LogP contribution in [-0.4, -0.2) is 50.0 Å². The number of fused-ring (bicyclic) bond motifs is 1. The van der Waals surface area contributed by atoms with Crippen LogP contribution in [0.5, 0.6) is 0 Å². The Kier molecular flexibility index (Phi) is 5.48. The highest BCUT2D eigenvalue weighted by Crippen LogP contribution is 2.27. The average molecular weight is 394 g/mol. The maximum atomic E-state index is 12.2. The van der Waals surface area contributed by atoms with Gasteiger partial charge in [0.15, 0.2) is 5.65 Å². The highest BCUT2D eigenvalue weighted by atomic mass is 16.6. The molecule has 0 radical (unpaired) electrons. The third kappa shape index (κ3) is 4.40. The van der Waals surface area contributed by atoms with Crippen molar-refractivity contribution >= 4 is 22.9 Å². The molecule has 29 heavy (non-hydrogen) atoms. The Hall–Kier alpha value is -3.33. The summed E-state index contributed by atoms with van der Waals surface area (Å²) in [6.07, 6.45) is 4.36. The maximum absolute atomic E-state index is 12.2. The monoisotopic (exact) mass is 394 g/mol. The molecule has 150 valence electrons. The summed E-state index contributed by atoms with van der Waals surface area (Å²) in [5.74, 6) is 1.29. The number of hydrogen-bond acceptors (Lipinski definition) is 6. The van der Waals surface area contributed by atoms with Crippen LogP contribution < -0.4 is 5.32 Å². The summed E-state index contributed by atoms with van der Waals surface area (Å²) in [5, 5.41) is 22.1. The van der Waals surface area contributed by atoms with Crippen LogP contribution in [0.2, 0.25) is 0 Å². The number of carbonyl (C=O) groups excluding carboxylic acids is 1. The molecule has 9 heteroatoms. The van der Waals surface area contributed by atoms with Crippen LogP contribution in [0.3, 0.4) is 0 Å². The van der Waals surface area contributed by atoms with Gasteiger partial charge in [-0.05, 0) is 50.2 Å². The van der Waals surface area contributed by atoms with Gasteiger partial charge in [-0.25, -0.2) is 0 Å². The number of nitro groups is 1. The van der Waals surface area contributed by atoms with E-state index in [4.69, 9.17) is 0 Å². The standard InChI is InChI=1S/C20H22N6O3/c27-19(21-16-4-6-17(7-5-16)26(28)29)10-14-24-12-8-15(9-13-24)20-23-22-18-3-1-2-11-25(18)20/h1-7,11,15H,8-10,12-14H2,(H,21,27). The summed E-state index contributed by atoms with van der Waals surface area (Å²) in [4.78, 5) is 24.7. The number of likely N-dealkylation sites (tertiary alicyclic amines) is 1. The number of non-ortho nitro benzene ring substituents is 1. The Morgan fingerprint density at radius 1 is 1.14 bits per heavy atom. The number of nitrogens with zero attached hydrogens (tertiary/aromatic N) is 5. The Morgan fingerprint density at radius 3 is 2.62 bits per heavy atom. The minimum absolute atomic E-state index is 0.00586. The zero-order valence-corrected chi connectivity index (χ0v) is 15.9.